The van der Waals surface area contributed by atoms with E-state index in [-0.39, 0.29) is 30.3 Å². The summed E-state index contributed by atoms with van der Waals surface area (Å²) in [5.41, 5.74) is -0.622. The second-order valence-corrected chi connectivity index (χ2v) is 11.4. The van der Waals surface area contributed by atoms with Gasteiger partial charge in [-0.25, -0.2) is 19.3 Å². The highest BCUT2D eigenvalue weighted by molar-refractivity contribution is 5.97. The number of pyridine rings is 2. The van der Waals surface area contributed by atoms with Crippen LogP contribution in [0.25, 0.3) is 10.8 Å². The molecule has 2 fully saturated rings. The monoisotopic (exact) mass is 536 g/mol. The second kappa shape index (κ2) is 10.2. The van der Waals surface area contributed by atoms with Gasteiger partial charge in [0.2, 0.25) is 11.9 Å². The third-order valence-corrected chi connectivity index (χ3v) is 7.95. The van der Waals surface area contributed by atoms with Gasteiger partial charge < -0.3 is 25.1 Å². The zero-order valence-electron chi connectivity index (χ0n) is 23.4. The molecule has 0 spiro atoms. The fraction of sp³-hybridized carbons (Fsp3) is 0.536. The Kier molecular flexibility index (Phi) is 7.04. The first-order valence-electron chi connectivity index (χ1n) is 13.4. The minimum Gasteiger partial charge on any atom is -0.390 e. The molecule has 1 amide bonds. The molecular formula is C28H37FN8O2. The average molecular weight is 537 g/mol. The quantitative estimate of drug-likeness (QED) is 0.489. The first-order chi connectivity index (χ1) is 18.5. The fourth-order valence-electron chi connectivity index (χ4n) is 5.41. The van der Waals surface area contributed by atoms with Crippen molar-refractivity contribution in [1.82, 2.24) is 24.8 Å². The van der Waals surface area contributed by atoms with Crippen molar-refractivity contribution in [3.63, 3.8) is 0 Å². The van der Waals surface area contributed by atoms with Crippen LogP contribution in [-0.2, 0) is 4.79 Å². The van der Waals surface area contributed by atoms with Crippen LogP contribution in [0.4, 0.5) is 27.8 Å². The summed E-state index contributed by atoms with van der Waals surface area (Å²) in [6, 6.07) is 3.79. The number of hydrogen-bond acceptors (Lipinski definition) is 9. The molecule has 0 unspecified atom stereocenters. The Morgan fingerprint density at radius 1 is 1.21 bits per heavy atom. The molecule has 2 saturated heterocycles. The minimum atomic E-state index is -1.72. The minimum absolute atomic E-state index is 0.0231. The normalized spacial score (nSPS) is 25.1. The predicted octanol–water partition coefficient (Wildman–Crippen LogP) is 3.50. The summed E-state index contributed by atoms with van der Waals surface area (Å²) in [6.45, 7) is 8.85. The Labute approximate surface area is 228 Å². The standard InChI is InChI=1S/C28H37FN8O2/c1-16(2)19-12-32-25(37-14-21(17(37)3)26(39)35(5)6)20-13-31-24(11-18(19)20)33-23-7-9-30-27(34-23)36-10-8-22(38)28(4,29)15-36/h7,9,11-13,16-17,21-22,38H,8,10,14-15H2,1-6H3,(H,30,31,33,34)/t17-,21+,22-,28+/m1/s1. The molecule has 208 valence electrons. The maximum absolute atomic E-state index is 14.7. The number of carbonyl (C=O) groups excluding carboxylic acids is 1. The van der Waals surface area contributed by atoms with Crippen molar-refractivity contribution in [2.24, 2.45) is 5.92 Å². The molecule has 0 radical (unpaired) electrons. The van der Waals surface area contributed by atoms with Gasteiger partial charge in [0, 0.05) is 57.2 Å². The number of nitrogens with one attached hydrogen (secondary N) is 1. The highest BCUT2D eigenvalue weighted by atomic mass is 19.1. The summed E-state index contributed by atoms with van der Waals surface area (Å²) in [6.07, 6.45) is 4.69. The lowest BCUT2D eigenvalue weighted by Crippen LogP contribution is -2.60. The molecule has 2 N–H and O–H groups in total. The lowest BCUT2D eigenvalue weighted by atomic mass is 9.88. The Morgan fingerprint density at radius 2 is 1.97 bits per heavy atom. The number of alkyl halides is 1. The Morgan fingerprint density at radius 3 is 2.64 bits per heavy atom. The van der Waals surface area contributed by atoms with E-state index in [4.69, 9.17) is 4.98 Å². The molecule has 4 atom stereocenters. The zero-order chi connectivity index (χ0) is 28.1. The SMILES string of the molecule is CC(C)c1cnc(N2C[C@H](C(=O)N(C)C)[C@H]2C)c2cnc(Nc3ccnc(N4CC[C@@H](O)[C@@](C)(F)C4)n3)cc12. The number of aliphatic hydroxyl groups is 1. The summed E-state index contributed by atoms with van der Waals surface area (Å²) in [4.78, 5) is 36.5. The van der Waals surface area contributed by atoms with Crippen molar-refractivity contribution in [2.75, 3.05) is 48.8 Å². The zero-order valence-corrected chi connectivity index (χ0v) is 23.4. The summed E-state index contributed by atoms with van der Waals surface area (Å²) in [7, 11) is 3.58. The number of aromatic nitrogens is 4. The molecular weight excluding hydrogens is 499 g/mol. The highest BCUT2D eigenvalue weighted by Crippen LogP contribution is 2.38. The fourth-order valence-corrected chi connectivity index (χ4v) is 5.41. The van der Waals surface area contributed by atoms with Crippen molar-refractivity contribution < 1.29 is 14.3 Å². The third kappa shape index (κ3) is 5.07. The number of anilines is 4. The topological polar surface area (TPSA) is 111 Å². The predicted molar refractivity (Wildman–Crippen MR) is 150 cm³/mol. The maximum atomic E-state index is 14.7. The van der Waals surface area contributed by atoms with Gasteiger partial charge in [0.05, 0.1) is 18.6 Å². The van der Waals surface area contributed by atoms with Crippen LogP contribution in [-0.4, -0.2) is 87.4 Å². The summed E-state index contributed by atoms with van der Waals surface area (Å²) >= 11 is 0. The van der Waals surface area contributed by atoms with Crippen molar-refractivity contribution >= 4 is 40.1 Å². The lowest BCUT2D eigenvalue weighted by molar-refractivity contribution is -0.135. The molecule has 0 aliphatic carbocycles. The molecule has 3 aromatic rings. The summed E-state index contributed by atoms with van der Waals surface area (Å²) in [5, 5.41) is 15.2. The van der Waals surface area contributed by atoms with E-state index in [1.807, 2.05) is 18.5 Å². The smallest absolute Gasteiger partial charge is 0.229 e. The summed E-state index contributed by atoms with van der Waals surface area (Å²) in [5.74, 6) is 2.71. The van der Waals surface area contributed by atoms with Crippen LogP contribution in [0.15, 0.2) is 30.7 Å². The van der Waals surface area contributed by atoms with Crippen molar-refractivity contribution in [3.8, 4) is 0 Å². The summed E-state index contributed by atoms with van der Waals surface area (Å²) < 4.78 is 14.7. The van der Waals surface area contributed by atoms with E-state index in [1.165, 1.54) is 6.92 Å². The molecule has 2 aliphatic heterocycles. The molecule has 0 aromatic carbocycles. The van der Waals surface area contributed by atoms with Crippen LogP contribution < -0.4 is 15.1 Å². The van der Waals surface area contributed by atoms with E-state index in [0.717, 1.165) is 22.2 Å². The van der Waals surface area contributed by atoms with E-state index >= 15 is 0 Å². The first kappa shape index (κ1) is 27.0. The van der Waals surface area contributed by atoms with Crippen molar-refractivity contribution in [3.05, 3.63) is 36.3 Å². The van der Waals surface area contributed by atoms with Crippen LogP contribution in [0.5, 0.6) is 0 Å². The second-order valence-electron chi connectivity index (χ2n) is 11.4. The van der Waals surface area contributed by atoms with Gasteiger partial charge >= 0.3 is 0 Å². The van der Waals surface area contributed by atoms with E-state index in [9.17, 15) is 14.3 Å². The number of fused-ring (bicyclic) bond motifs is 1. The first-order valence-corrected chi connectivity index (χ1v) is 13.4. The van der Waals surface area contributed by atoms with Gasteiger partial charge in [-0.15, -0.1) is 0 Å². The van der Waals surface area contributed by atoms with Gasteiger partial charge in [-0.2, -0.15) is 4.98 Å². The van der Waals surface area contributed by atoms with Crippen molar-refractivity contribution in [1.29, 1.82) is 0 Å². The average Bonchev–Trinajstić information content (AvgIpc) is 2.89. The Hall–Kier alpha value is -3.60. The van der Waals surface area contributed by atoms with Crippen LogP contribution in [0.2, 0.25) is 0 Å². The van der Waals surface area contributed by atoms with Gasteiger partial charge in [0.1, 0.15) is 17.5 Å². The molecule has 39 heavy (non-hydrogen) atoms. The molecule has 5 heterocycles. The van der Waals surface area contributed by atoms with Crippen LogP contribution >= 0.6 is 0 Å². The van der Waals surface area contributed by atoms with Gasteiger partial charge in [0.25, 0.3) is 0 Å². The molecule has 2 aliphatic rings. The maximum Gasteiger partial charge on any atom is 0.229 e. The van der Waals surface area contributed by atoms with Gasteiger partial charge in [0.15, 0.2) is 5.67 Å². The van der Waals surface area contributed by atoms with E-state index < -0.39 is 11.8 Å². The Balaban J connectivity index is 1.42. The molecule has 3 aromatic heterocycles. The third-order valence-electron chi connectivity index (χ3n) is 7.95. The molecule has 11 heteroatoms. The molecule has 10 nitrogen and oxygen atoms in total. The largest absolute Gasteiger partial charge is 0.390 e. The number of hydrogen-bond donors (Lipinski definition) is 2. The Bertz CT molecular complexity index is 1380. The van der Waals surface area contributed by atoms with Gasteiger partial charge in [-0.1, -0.05) is 13.8 Å². The van der Waals surface area contributed by atoms with Gasteiger partial charge in [-0.05, 0) is 49.3 Å². The number of piperidine rings is 1. The van der Waals surface area contributed by atoms with Gasteiger partial charge in [-0.3, -0.25) is 4.79 Å². The number of halogens is 1. The number of nitrogens with zero attached hydrogens (tertiary/aromatic N) is 7. The number of aliphatic hydroxyl groups excluding tert-OH is 1. The van der Waals surface area contributed by atoms with Crippen LogP contribution in [0.1, 0.15) is 45.6 Å². The van der Waals surface area contributed by atoms with E-state index in [1.54, 1.807) is 36.2 Å². The number of amides is 1. The molecule has 0 bridgehead atoms. The van der Waals surface area contributed by atoms with E-state index in [0.29, 0.717) is 37.1 Å². The van der Waals surface area contributed by atoms with Crippen LogP contribution in [0.3, 0.4) is 0 Å². The molecule has 5 rings (SSSR count). The van der Waals surface area contributed by atoms with Crippen LogP contribution in [0, 0.1) is 5.92 Å². The van der Waals surface area contributed by atoms with E-state index in [2.05, 4.69) is 45.9 Å². The number of rotatable bonds is 6. The van der Waals surface area contributed by atoms with Crippen molar-refractivity contribution in [2.45, 2.75) is 57.8 Å². The highest BCUT2D eigenvalue weighted by Gasteiger charge is 2.42. The molecule has 0 saturated carbocycles. The number of carbonyl (C=O) groups is 1. The lowest BCUT2D eigenvalue weighted by Gasteiger charge is -2.47.